The van der Waals surface area contributed by atoms with Crippen LogP contribution in [-0.2, 0) is 19.6 Å². The predicted molar refractivity (Wildman–Crippen MR) is 107 cm³/mol. The van der Waals surface area contributed by atoms with E-state index >= 15 is 0 Å². The normalized spacial score (nSPS) is 13.1. The Morgan fingerprint density at radius 3 is 2.71 bits per heavy atom. The van der Waals surface area contributed by atoms with Gasteiger partial charge in [0, 0.05) is 24.2 Å². The Hall–Kier alpha value is -3.34. The maximum absolute atomic E-state index is 11.2. The van der Waals surface area contributed by atoms with E-state index in [1.54, 1.807) is 0 Å². The molecule has 0 radical (unpaired) electrons. The van der Waals surface area contributed by atoms with Gasteiger partial charge in [0.05, 0.1) is 12.2 Å². The minimum Gasteiger partial charge on any atom is -0.489 e. The fourth-order valence-corrected chi connectivity index (χ4v) is 3.45. The molecule has 2 heterocycles. The number of rotatable bonds is 4. The van der Waals surface area contributed by atoms with Gasteiger partial charge >= 0.3 is 6.09 Å². The smallest absolute Gasteiger partial charge is 0.407 e. The zero-order chi connectivity index (χ0) is 19.5. The summed E-state index contributed by atoms with van der Waals surface area (Å²) in [4.78, 5) is 17.4. The van der Waals surface area contributed by atoms with Crippen LogP contribution in [-0.4, -0.2) is 27.6 Å². The SMILES string of the molecule is Cc1cc(-c2ccc3c(n2)CCN(C(=O)O)C3)ccc1OCc1ccccc1. The van der Waals surface area contributed by atoms with Gasteiger partial charge in [-0.05, 0) is 47.9 Å². The number of carboxylic acid groups (broad SMARTS) is 1. The highest BCUT2D eigenvalue weighted by Crippen LogP contribution is 2.28. The Kier molecular flexibility index (Phi) is 4.98. The van der Waals surface area contributed by atoms with E-state index in [9.17, 15) is 4.79 Å². The highest BCUT2D eigenvalue weighted by Gasteiger charge is 2.21. The van der Waals surface area contributed by atoms with E-state index in [2.05, 4.69) is 6.07 Å². The van der Waals surface area contributed by atoms with E-state index in [0.717, 1.165) is 39.4 Å². The second kappa shape index (κ2) is 7.72. The molecule has 1 aromatic heterocycles. The van der Waals surface area contributed by atoms with Crippen molar-refractivity contribution in [2.75, 3.05) is 6.54 Å². The van der Waals surface area contributed by atoms with Crippen molar-refractivity contribution in [2.24, 2.45) is 0 Å². The van der Waals surface area contributed by atoms with Gasteiger partial charge in [0.2, 0.25) is 0 Å². The van der Waals surface area contributed by atoms with Gasteiger partial charge in [-0.1, -0.05) is 36.4 Å². The number of aromatic nitrogens is 1. The molecule has 2 aromatic carbocycles. The zero-order valence-electron chi connectivity index (χ0n) is 15.8. The van der Waals surface area contributed by atoms with Crippen LogP contribution in [0.3, 0.4) is 0 Å². The number of hydrogen-bond acceptors (Lipinski definition) is 3. The Morgan fingerprint density at radius 2 is 1.96 bits per heavy atom. The van der Waals surface area contributed by atoms with E-state index in [0.29, 0.717) is 26.1 Å². The van der Waals surface area contributed by atoms with Crippen molar-refractivity contribution in [1.29, 1.82) is 0 Å². The Morgan fingerprint density at radius 1 is 1.14 bits per heavy atom. The summed E-state index contributed by atoms with van der Waals surface area (Å²) in [5.74, 6) is 0.864. The zero-order valence-corrected chi connectivity index (χ0v) is 15.8. The highest BCUT2D eigenvalue weighted by molar-refractivity contribution is 5.66. The molecule has 1 N–H and O–H groups in total. The molecule has 0 bridgehead atoms. The summed E-state index contributed by atoms with van der Waals surface area (Å²) in [6.07, 6.45) is -0.233. The topological polar surface area (TPSA) is 62.7 Å². The Balaban J connectivity index is 1.51. The molecule has 0 atom stereocenters. The van der Waals surface area contributed by atoms with Gasteiger partial charge in [-0.25, -0.2) is 4.79 Å². The van der Waals surface area contributed by atoms with Crippen LogP contribution < -0.4 is 4.74 Å². The molecule has 1 aliphatic rings. The lowest BCUT2D eigenvalue weighted by Gasteiger charge is -2.26. The van der Waals surface area contributed by atoms with Gasteiger partial charge in [-0.3, -0.25) is 4.98 Å². The van der Waals surface area contributed by atoms with E-state index < -0.39 is 6.09 Å². The second-order valence-electron chi connectivity index (χ2n) is 7.01. The van der Waals surface area contributed by atoms with E-state index in [-0.39, 0.29) is 0 Å². The van der Waals surface area contributed by atoms with Crippen LogP contribution in [0.4, 0.5) is 4.79 Å². The van der Waals surface area contributed by atoms with Crippen LogP contribution in [0.25, 0.3) is 11.3 Å². The monoisotopic (exact) mass is 374 g/mol. The van der Waals surface area contributed by atoms with E-state index in [1.165, 1.54) is 4.90 Å². The molecule has 3 aromatic rings. The summed E-state index contributed by atoms with van der Waals surface area (Å²) >= 11 is 0. The van der Waals surface area contributed by atoms with Gasteiger partial charge in [0.1, 0.15) is 12.4 Å². The molecule has 142 valence electrons. The van der Waals surface area contributed by atoms with Crippen LogP contribution in [0.1, 0.15) is 22.4 Å². The highest BCUT2D eigenvalue weighted by atomic mass is 16.5. The first-order valence-corrected chi connectivity index (χ1v) is 9.34. The standard InChI is InChI=1S/C23H22N2O3/c1-16-13-18(8-10-22(16)28-15-17-5-3-2-4-6-17)20-9-7-19-14-25(23(26)27)12-11-21(19)24-20/h2-10,13H,11-12,14-15H2,1H3,(H,26,27). The third-order valence-electron chi connectivity index (χ3n) is 5.03. The lowest BCUT2D eigenvalue weighted by molar-refractivity contribution is 0.139. The maximum Gasteiger partial charge on any atom is 0.407 e. The number of nitrogens with zero attached hydrogens (tertiary/aromatic N) is 2. The van der Waals surface area contributed by atoms with E-state index in [1.807, 2.05) is 61.5 Å². The summed E-state index contributed by atoms with van der Waals surface area (Å²) in [6.45, 7) is 3.47. The molecule has 0 saturated heterocycles. The van der Waals surface area contributed by atoms with Crippen LogP contribution in [0.15, 0.2) is 60.7 Å². The summed E-state index contributed by atoms with van der Waals surface area (Å²) in [5.41, 5.74) is 6.10. The number of hydrogen-bond donors (Lipinski definition) is 1. The third-order valence-corrected chi connectivity index (χ3v) is 5.03. The summed E-state index contributed by atoms with van der Waals surface area (Å²) in [5, 5.41) is 9.16. The molecule has 1 aliphatic heterocycles. The number of ether oxygens (including phenoxy) is 1. The number of pyridine rings is 1. The number of carbonyl (C=O) groups is 1. The predicted octanol–water partition coefficient (Wildman–Crippen LogP) is 4.67. The lowest BCUT2D eigenvalue weighted by atomic mass is 10.0. The van der Waals surface area contributed by atoms with Crippen molar-refractivity contribution in [3.05, 3.63) is 83.0 Å². The first-order valence-electron chi connectivity index (χ1n) is 9.34. The van der Waals surface area contributed by atoms with Gasteiger partial charge in [-0.15, -0.1) is 0 Å². The van der Waals surface area contributed by atoms with Crippen LogP contribution in [0, 0.1) is 6.92 Å². The molecular weight excluding hydrogens is 352 g/mol. The average molecular weight is 374 g/mol. The van der Waals surface area contributed by atoms with Gasteiger partial charge in [0.25, 0.3) is 0 Å². The van der Waals surface area contributed by atoms with Crippen molar-refractivity contribution in [3.8, 4) is 17.0 Å². The summed E-state index contributed by atoms with van der Waals surface area (Å²) in [6, 6.07) is 20.1. The number of aryl methyl sites for hydroxylation is 1. The minimum atomic E-state index is -0.878. The molecule has 1 amide bonds. The third kappa shape index (κ3) is 3.83. The molecule has 28 heavy (non-hydrogen) atoms. The minimum absolute atomic E-state index is 0.406. The first-order chi connectivity index (χ1) is 13.6. The molecule has 4 rings (SSSR count). The molecule has 0 unspecified atom stereocenters. The van der Waals surface area contributed by atoms with Crippen molar-refractivity contribution in [2.45, 2.75) is 26.5 Å². The number of fused-ring (bicyclic) bond motifs is 1. The maximum atomic E-state index is 11.2. The van der Waals surface area contributed by atoms with E-state index in [4.69, 9.17) is 14.8 Å². The number of benzene rings is 2. The lowest BCUT2D eigenvalue weighted by Crippen LogP contribution is -2.35. The Bertz CT molecular complexity index is 1000. The van der Waals surface area contributed by atoms with Gasteiger partial charge in [0.15, 0.2) is 0 Å². The largest absolute Gasteiger partial charge is 0.489 e. The molecule has 0 fully saturated rings. The van der Waals surface area contributed by atoms with Crippen LogP contribution in [0.2, 0.25) is 0 Å². The summed E-state index contributed by atoms with van der Waals surface area (Å²) in [7, 11) is 0. The second-order valence-corrected chi connectivity index (χ2v) is 7.01. The van der Waals surface area contributed by atoms with Gasteiger partial charge < -0.3 is 14.7 Å². The van der Waals surface area contributed by atoms with Crippen molar-refractivity contribution in [3.63, 3.8) is 0 Å². The number of amides is 1. The quantitative estimate of drug-likeness (QED) is 0.721. The first kappa shape index (κ1) is 18.0. The Labute approximate surface area is 164 Å². The van der Waals surface area contributed by atoms with Crippen LogP contribution in [0.5, 0.6) is 5.75 Å². The molecule has 5 heteroatoms. The molecular formula is C23H22N2O3. The summed E-state index contributed by atoms with van der Waals surface area (Å²) < 4.78 is 5.96. The van der Waals surface area contributed by atoms with Crippen LogP contribution >= 0.6 is 0 Å². The van der Waals surface area contributed by atoms with Crippen molar-refractivity contribution >= 4 is 6.09 Å². The molecule has 0 saturated carbocycles. The van der Waals surface area contributed by atoms with Crippen molar-refractivity contribution < 1.29 is 14.6 Å². The van der Waals surface area contributed by atoms with Gasteiger partial charge in [-0.2, -0.15) is 0 Å². The average Bonchev–Trinajstić information content (AvgIpc) is 2.72. The molecule has 5 nitrogen and oxygen atoms in total. The fourth-order valence-electron chi connectivity index (χ4n) is 3.45. The van der Waals surface area contributed by atoms with Crippen molar-refractivity contribution in [1.82, 2.24) is 9.88 Å². The molecule has 0 aliphatic carbocycles. The molecule has 0 spiro atoms. The fraction of sp³-hybridized carbons (Fsp3) is 0.217.